The molecule has 1 aliphatic rings. The molecule has 0 saturated carbocycles. The minimum atomic E-state index is -0.313. The quantitative estimate of drug-likeness (QED) is 0.672. The van der Waals surface area contributed by atoms with E-state index in [1.807, 2.05) is 42.2 Å². The Morgan fingerprint density at radius 1 is 1.07 bits per heavy atom. The lowest BCUT2D eigenvalue weighted by Crippen LogP contribution is -2.49. The van der Waals surface area contributed by atoms with Crippen LogP contribution in [0.25, 0.3) is 10.8 Å². The fourth-order valence-electron chi connectivity index (χ4n) is 3.66. The second-order valence-corrected chi connectivity index (χ2v) is 7.46. The van der Waals surface area contributed by atoms with Gasteiger partial charge in [-0.1, -0.05) is 12.1 Å². The number of nitrogens with zero attached hydrogens (tertiary/aromatic N) is 4. The van der Waals surface area contributed by atoms with Crippen molar-refractivity contribution in [2.75, 3.05) is 42.9 Å². The zero-order valence-corrected chi connectivity index (χ0v) is 16.8. The normalized spacial score (nSPS) is 14.6. The van der Waals surface area contributed by atoms with Crippen LogP contribution in [-0.2, 0) is 4.79 Å². The first-order chi connectivity index (χ1) is 14.5. The van der Waals surface area contributed by atoms with Gasteiger partial charge in [0, 0.05) is 49.5 Å². The molecule has 1 aromatic carbocycles. The Morgan fingerprint density at radius 3 is 2.63 bits per heavy atom. The van der Waals surface area contributed by atoms with Gasteiger partial charge < -0.3 is 16.0 Å². The van der Waals surface area contributed by atoms with E-state index in [2.05, 4.69) is 20.2 Å². The molecule has 1 fully saturated rings. The molecule has 0 unspecified atom stereocenters. The Balaban J connectivity index is 1.47. The molecule has 1 saturated heterocycles. The van der Waals surface area contributed by atoms with Gasteiger partial charge in [-0.25, -0.2) is 4.98 Å². The fourth-order valence-corrected chi connectivity index (χ4v) is 3.66. The maximum Gasteiger partial charge on any atom is 0.256 e. The molecule has 3 N–H and O–H groups in total. The Hall–Kier alpha value is -3.52. The average Bonchev–Trinajstić information content (AvgIpc) is 2.75. The van der Waals surface area contributed by atoms with Crippen LogP contribution in [0.4, 0.5) is 11.6 Å². The van der Waals surface area contributed by atoms with Crippen molar-refractivity contribution in [2.45, 2.75) is 6.92 Å². The summed E-state index contributed by atoms with van der Waals surface area (Å²) in [6.45, 7) is 5.26. The minimum absolute atomic E-state index is 0.206. The first-order valence-corrected chi connectivity index (χ1v) is 9.88. The molecule has 0 atom stereocenters. The van der Waals surface area contributed by atoms with E-state index in [0.29, 0.717) is 11.4 Å². The van der Waals surface area contributed by atoms with Gasteiger partial charge in [0.2, 0.25) is 5.91 Å². The lowest BCUT2D eigenvalue weighted by atomic mass is 10.1. The summed E-state index contributed by atoms with van der Waals surface area (Å²) in [5.41, 5.74) is 6.89. The van der Waals surface area contributed by atoms with Crippen molar-refractivity contribution >= 4 is 34.2 Å². The van der Waals surface area contributed by atoms with Gasteiger partial charge in [0.1, 0.15) is 11.6 Å². The van der Waals surface area contributed by atoms with Gasteiger partial charge in [0.15, 0.2) is 0 Å². The molecule has 1 aliphatic heterocycles. The van der Waals surface area contributed by atoms with Crippen molar-refractivity contribution in [1.29, 1.82) is 0 Å². The van der Waals surface area contributed by atoms with Gasteiger partial charge >= 0.3 is 0 Å². The lowest BCUT2D eigenvalue weighted by Gasteiger charge is -2.35. The number of piperazine rings is 1. The van der Waals surface area contributed by atoms with Crippen molar-refractivity contribution in [3.05, 3.63) is 59.9 Å². The number of aromatic nitrogens is 2. The second kappa shape index (κ2) is 8.46. The van der Waals surface area contributed by atoms with Crippen LogP contribution < -0.4 is 16.0 Å². The van der Waals surface area contributed by atoms with Gasteiger partial charge in [0.05, 0.1) is 6.54 Å². The third kappa shape index (κ3) is 4.38. The number of benzene rings is 1. The van der Waals surface area contributed by atoms with Crippen molar-refractivity contribution in [3.8, 4) is 0 Å². The van der Waals surface area contributed by atoms with E-state index < -0.39 is 0 Å². The first-order valence-electron chi connectivity index (χ1n) is 9.88. The molecular weight excluding hydrogens is 380 g/mol. The van der Waals surface area contributed by atoms with Crippen LogP contribution in [0.3, 0.4) is 0 Å². The van der Waals surface area contributed by atoms with Gasteiger partial charge in [-0.3, -0.25) is 19.5 Å². The highest BCUT2D eigenvalue weighted by atomic mass is 16.2. The van der Waals surface area contributed by atoms with E-state index in [1.54, 1.807) is 18.5 Å². The minimum Gasteiger partial charge on any atom is -0.369 e. The van der Waals surface area contributed by atoms with E-state index in [1.165, 1.54) is 0 Å². The number of primary amides is 1. The Labute approximate surface area is 174 Å². The predicted molar refractivity (Wildman–Crippen MR) is 117 cm³/mol. The summed E-state index contributed by atoms with van der Waals surface area (Å²) >= 11 is 0. The number of nitrogens with two attached hydrogens (primary N) is 1. The molecule has 30 heavy (non-hydrogen) atoms. The summed E-state index contributed by atoms with van der Waals surface area (Å²) in [5, 5.41) is 4.85. The van der Waals surface area contributed by atoms with Gasteiger partial charge in [-0.15, -0.1) is 0 Å². The number of carbonyl (C=O) groups excluding carboxylic acids is 2. The number of amides is 2. The topological polar surface area (TPSA) is 104 Å². The zero-order chi connectivity index (χ0) is 21.1. The van der Waals surface area contributed by atoms with E-state index in [9.17, 15) is 9.59 Å². The smallest absolute Gasteiger partial charge is 0.256 e. The molecule has 3 aromatic rings. The summed E-state index contributed by atoms with van der Waals surface area (Å²) in [7, 11) is 0. The summed E-state index contributed by atoms with van der Waals surface area (Å²) in [6, 6.07) is 11.2. The highest BCUT2D eigenvalue weighted by molar-refractivity contribution is 6.06. The highest BCUT2D eigenvalue weighted by Crippen LogP contribution is 2.22. The molecule has 2 amide bonds. The van der Waals surface area contributed by atoms with E-state index >= 15 is 0 Å². The number of aryl methyl sites for hydroxylation is 1. The molecular formula is C22H24N6O2. The monoisotopic (exact) mass is 404 g/mol. The summed E-state index contributed by atoms with van der Waals surface area (Å²) in [6.07, 6.45) is 3.48. The third-order valence-electron chi connectivity index (χ3n) is 5.27. The molecule has 2 aromatic heterocycles. The maximum atomic E-state index is 12.7. The Morgan fingerprint density at radius 2 is 1.87 bits per heavy atom. The SMILES string of the molecule is Cc1ccc(NC(=O)c2ccc3cnccc3c2)nc1N1CCN(CC(N)=O)CC1. The largest absolute Gasteiger partial charge is 0.369 e. The van der Waals surface area contributed by atoms with Crippen LogP contribution in [0, 0.1) is 6.92 Å². The number of pyridine rings is 2. The number of rotatable bonds is 5. The molecule has 8 nitrogen and oxygen atoms in total. The third-order valence-corrected chi connectivity index (χ3v) is 5.27. The Kier molecular flexibility index (Phi) is 5.58. The second-order valence-electron chi connectivity index (χ2n) is 7.46. The molecule has 0 radical (unpaired) electrons. The summed E-state index contributed by atoms with van der Waals surface area (Å²) in [4.78, 5) is 36.9. The van der Waals surface area contributed by atoms with Crippen molar-refractivity contribution < 1.29 is 9.59 Å². The molecule has 0 spiro atoms. The van der Waals surface area contributed by atoms with Crippen LogP contribution in [0.1, 0.15) is 15.9 Å². The lowest BCUT2D eigenvalue weighted by molar-refractivity contribution is -0.119. The van der Waals surface area contributed by atoms with Crippen molar-refractivity contribution in [1.82, 2.24) is 14.9 Å². The number of anilines is 2. The van der Waals surface area contributed by atoms with E-state index in [0.717, 1.165) is 48.3 Å². The van der Waals surface area contributed by atoms with Crippen LogP contribution in [0.2, 0.25) is 0 Å². The fraction of sp³-hybridized carbons (Fsp3) is 0.273. The van der Waals surface area contributed by atoms with Gasteiger partial charge in [0.25, 0.3) is 5.91 Å². The van der Waals surface area contributed by atoms with Crippen molar-refractivity contribution in [2.24, 2.45) is 5.73 Å². The number of nitrogens with one attached hydrogen (secondary N) is 1. The molecule has 0 aliphatic carbocycles. The van der Waals surface area contributed by atoms with E-state index in [-0.39, 0.29) is 18.4 Å². The summed E-state index contributed by atoms with van der Waals surface area (Å²) in [5.74, 6) is 0.834. The standard InChI is InChI=1S/C22H24N6O2/c1-15-2-5-20(25-21(15)28-10-8-27(9-11-28)14-19(23)29)26-22(30)17-3-4-18-13-24-7-6-16(18)12-17/h2-7,12-13H,8-11,14H2,1H3,(H2,23,29)(H,25,26,30). The molecule has 154 valence electrons. The summed E-state index contributed by atoms with van der Waals surface area (Å²) < 4.78 is 0. The van der Waals surface area contributed by atoms with Gasteiger partial charge in [-0.2, -0.15) is 0 Å². The molecule has 0 bridgehead atoms. The average molecular weight is 404 g/mol. The number of fused-ring (bicyclic) bond motifs is 1. The van der Waals surface area contributed by atoms with Gasteiger partial charge in [-0.05, 0) is 42.1 Å². The highest BCUT2D eigenvalue weighted by Gasteiger charge is 2.21. The molecule has 4 rings (SSSR count). The Bertz CT molecular complexity index is 1090. The van der Waals surface area contributed by atoms with Crippen molar-refractivity contribution in [3.63, 3.8) is 0 Å². The van der Waals surface area contributed by atoms with Crippen LogP contribution in [-0.4, -0.2) is 59.4 Å². The number of hydrogen-bond acceptors (Lipinski definition) is 6. The maximum absolute atomic E-state index is 12.7. The molecule has 3 heterocycles. The molecule has 8 heteroatoms. The predicted octanol–water partition coefficient (Wildman–Crippen LogP) is 1.80. The number of carbonyl (C=O) groups is 2. The van der Waals surface area contributed by atoms with Crippen LogP contribution in [0.5, 0.6) is 0 Å². The van der Waals surface area contributed by atoms with Crippen LogP contribution >= 0.6 is 0 Å². The van der Waals surface area contributed by atoms with E-state index in [4.69, 9.17) is 5.73 Å². The number of hydrogen-bond donors (Lipinski definition) is 2. The first kappa shape index (κ1) is 19.8. The zero-order valence-electron chi connectivity index (χ0n) is 16.8. The van der Waals surface area contributed by atoms with Crippen LogP contribution in [0.15, 0.2) is 48.8 Å².